The minimum Gasteiger partial charge on any atom is -0.507 e. The van der Waals surface area contributed by atoms with Crippen LogP contribution in [0.5, 0.6) is 17.2 Å². The number of aliphatic hydroxyl groups is 1. The number of phenolic OH excluding ortho intramolecular Hbond substituents is 1. The van der Waals surface area contributed by atoms with Gasteiger partial charge in [-0.3, -0.25) is 14.5 Å². The maximum absolute atomic E-state index is 13.5. The summed E-state index contributed by atoms with van der Waals surface area (Å²) in [4.78, 5) is 28.3. The average Bonchev–Trinajstić information content (AvgIpc) is 3.19. The summed E-state index contributed by atoms with van der Waals surface area (Å²) >= 11 is 6.37. The van der Waals surface area contributed by atoms with Crippen molar-refractivity contribution in [3.63, 3.8) is 0 Å². The molecule has 0 aromatic heterocycles. The molecule has 8 heteroatoms. The molecule has 7 nitrogen and oxygen atoms in total. The van der Waals surface area contributed by atoms with Crippen molar-refractivity contribution in [2.75, 3.05) is 18.1 Å². The number of hydrogen-bond donors (Lipinski definition) is 2. The molecule has 1 saturated heterocycles. The molecule has 3 aromatic rings. The molecule has 3 aromatic carbocycles. The van der Waals surface area contributed by atoms with Gasteiger partial charge in [0.2, 0.25) is 0 Å². The summed E-state index contributed by atoms with van der Waals surface area (Å²) < 4.78 is 11.3. The van der Waals surface area contributed by atoms with Crippen LogP contribution in [-0.4, -0.2) is 35.1 Å². The number of anilines is 1. The number of rotatable bonds is 10. The molecule has 1 aliphatic rings. The Kier molecular flexibility index (Phi) is 8.82. The minimum absolute atomic E-state index is 0.0778. The van der Waals surface area contributed by atoms with Gasteiger partial charge in [0.1, 0.15) is 11.5 Å². The van der Waals surface area contributed by atoms with Crippen LogP contribution >= 0.6 is 11.6 Å². The summed E-state index contributed by atoms with van der Waals surface area (Å²) in [6, 6.07) is 15.5. The van der Waals surface area contributed by atoms with E-state index in [1.807, 2.05) is 0 Å². The number of nitrogens with zero attached hydrogens (tertiary/aromatic N) is 1. The molecule has 1 heterocycles. The van der Waals surface area contributed by atoms with Crippen LogP contribution in [0.4, 0.5) is 5.69 Å². The summed E-state index contributed by atoms with van der Waals surface area (Å²) in [7, 11) is 0. The van der Waals surface area contributed by atoms with Gasteiger partial charge in [-0.2, -0.15) is 0 Å². The third kappa shape index (κ3) is 5.73. The molecular weight excluding hydrogens is 518 g/mol. The van der Waals surface area contributed by atoms with Crippen LogP contribution in [0.1, 0.15) is 55.8 Å². The number of amides is 1. The second kappa shape index (κ2) is 12.3. The number of Topliss-reactive ketones (excluding diaryl/α,β-unsaturated/α-hetero) is 1. The molecule has 0 radical (unpaired) electrons. The van der Waals surface area contributed by atoms with Crippen molar-refractivity contribution in [2.45, 2.75) is 46.1 Å². The van der Waals surface area contributed by atoms with Gasteiger partial charge in [0.15, 0.2) is 11.5 Å². The summed E-state index contributed by atoms with van der Waals surface area (Å²) in [6.45, 7) is 6.56. The van der Waals surface area contributed by atoms with Gasteiger partial charge in [0, 0.05) is 16.3 Å². The second-order valence-corrected chi connectivity index (χ2v) is 9.70. The van der Waals surface area contributed by atoms with Crippen molar-refractivity contribution in [3.05, 3.63) is 87.9 Å². The molecule has 1 fully saturated rings. The van der Waals surface area contributed by atoms with E-state index in [1.165, 1.54) is 11.0 Å². The molecule has 1 atom stereocenters. The Labute approximate surface area is 233 Å². The number of unbranched alkanes of at least 4 members (excludes halogenated alkanes) is 2. The largest absolute Gasteiger partial charge is 0.507 e. The van der Waals surface area contributed by atoms with Crippen LogP contribution in [0.15, 0.2) is 66.2 Å². The second-order valence-electron chi connectivity index (χ2n) is 9.29. The number of hydrogen-bond acceptors (Lipinski definition) is 6. The lowest BCUT2D eigenvalue weighted by Gasteiger charge is -2.27. The van der Waals surface area contributed by atoms with Crippen LogP contribution in [0, 0.1) is 6.92 Å². The highest BCUT2D eigenvalue weighted by Gasteiger charge is 2.47. The summed E-state index contributed by atoms with van der Waals surface area (Å²) in [5, 5.41) is 22.1. The minimum atomic E-state index is -0.994. The molecule has 1 amide bonds. The number of carbonyl (C=O) groups is 2. The Morgan fingerprint density at radius 3 is 2.44 bits per heavy atom. The fourth-order valence-corrected chi connectivity index (χ4v) is 4.80. The van der Waals surface area contributed by atoms with Gasteiger partial charge < -0.3 is 19.7 Å². The molecule has 4 rings (SSSR count). The van der Waals surface area contributed by atoms with E-state index < -0.39 is 17.7 Å². The predicted octanol–water partition coefficient (Wildman–Crippen LogP) is 6.95. The van der Waals surface area contributed by atoms with E-state index in [4.69, 9.17) is 21.1 Å². The van der Waals surface area contributed by atoms with Gasteiger partial charge in [-0.1, -0.05) is 43.5 Å². The van der Waals surface area contributed by atoms with E-state index >= 15 is 0 Å². The first-order valence-corrected chi connectivity index (χ1v) is 13.4. The lowest BCUT2D eigenvalue weighted by molar-refractivity contribution is -0.132. The zero-order valence-electron chi connectivity index (χ0n) is 22.2. The maximum atomic E-state index is 13.5. The van der Waals surface area contributed by atoms with Crippen molar-refractivity contribution in [3.8, 4) is 17.2 Å². The van der Waals surface area contributed by atoms with E-state index in [2.05, 4.69) is 6.92 Å². The Balaban J connectivity index is 1.83. The molecule has 1 aliphatic heterocycles. The van der Waals surface area contributed by atoms with Crippen molar-refractivity contribution in [1.82, 2.24) is 0 Å². The predicted molar refractivity (Wildman–Crippen MR) is 152 cm³/mol. The highest BCUT2D eigenvalue weighted by molar-refractivity contribution is 6.52. The number of carbonyl (C=O) groups excluding carboxylic acids is 2. The maximum Gasteiger partial charge on any atom is 0.300 e. The van der Waals surface area contributed by atoms with Crippen molar-refractivity contribution in [1.29, 1.82) is 0 Å². The molecule has 0 spiro atoms. The van der Waals surface area contributed by atoms with Gasteiger partial charge in [-0.15, -0.1) is 0 Å². The van der Waals surface area contributed by atoms with Crippen LogP contribution in [0.25, 0.3) is 5.76 Å². The number of halogens is 1. The van der Waals surface area contributed by atoms with Crippen molar-refractivity contribution < 1.29 is 29.3 Å². The zero-order chi connectivity index (χ0) is 28.1. The van der Waals surface area contributed by atoms with Crippen LogP contribution in [-0.2, 0) is 9.59 Å². The first-order valence-electron chi connectivity index (χ1n) is 13.0. The van der Waals surface area contributed by atoms with Gasteiger partial charge in [-0.05, 0) is 79.9 Å². The van der Waals surface area contributed by atoms with E-state index in [0.29, 0.717) is 46.4 Å². The topological polar surface area (TPSA) is 96.3 Å². The first-order chi connectivity index (χ1) is 18.8. The molecular formula is C31H32ClNO6. The molecule has 204 valence electrons. The van der Waals surface area contributed by atoms with Crippen LogP contribution in [0.2, 0.25) is 5.02 Å². The number of phenols is 1. The normalized spacial score (nSPS) is 16.5. The summed E-state index contributed by atoms with van der Waals surface area (Å²) in [5.41, 5.74) is 1.82. The number of aliphatic hydroxyl groups excluding tert-OH is 1. The summed E-state index contributed by atoms with van der Waals surface area (Å²) in [5.74, 6) is -1.17. The van der Waals surface area contributed by atoms with E-state index in [1.54, 1.807) is 68.4 Å². The average molecular weight is 550 g/mol. The molecule has 2 N–H and O–H groups in total. The zero-order valence-corrected chi connectivity index (χ0v) is 23.0. The standard InChI is InChI=1S/C31H32ClNO6/c1-4-6-7-17-39-22-14-11-20(12-15-22)29(35)27-28(21-13-16-25(34)26(18-21)38-5-2)33(31(37)30(27)36)24-10-8-9-23(32)19(24)3/h8-16,18,28,34-35H,4-7,17H2,1-3H3/b29-27+. The lowest BCUT2D eigenvalue weighted by Crippen LogP contribution is -2.30. The fraction of sp³-hybridized carbons (Fsp3) is 0.290. The Bertz CT molecular complexity index is 1400. The molecule has 1 unspecified atom stereocenters. The van der Waals surface area contributed by atoms with Crippen LogP contribution < -0.4 is 14.4 Å². The van der Waals surface area contributed by atoms with Gasteiger partial charge in [0.25, 0.3) is 11.7 Å². The van der Waals surface area contributed by atoms with Crippen molar-refractivity contribution >= 4 is 34.7 Å². The number of benzene rings is 3. The number of aromatic hydroxyl groups is 1. The molecule has 0 aliphatic carbocycles. The molecule has 0 bridgehead atoms. The lowest BCUT2D eigenvalue weighted by atomic mass is 9.94. The van der Waals surface area contributed by atoms with Gasteiger partial charge in [-0.25, -0.2) is 0 Å². The Morgan fingerprint density at radius 2 is 1.74 bits per heavy atom. The monoisotopic (exact) mass is 549 g/mol. The van der Waals surface area contributed by atoms with Crippen LogP contribution in [0.3, 0.4) is 0 Å². The highest BCUT2D eigenvalue weighted by atomic mass is 35.5. The third-order valence-electron chi connectivity index (χ3n) is 6.69. The summed E-state index contributed by atoms with van der Waals surface area (Å²) in [6.07, 6.45) is 3.12. The quantitative estimate of drug-likeness (QED) is 0.123. The smallest absolute Gasteiger partial charge is 0.300 e. The van der Waals surface area contributed by atoms with Gasteiger partial charge >= 0.3 is 0 Å². The highest BCUT2D eigenvalue weighted by Crippen LogP contribution is 2.45. The molecule has 39 heavy (non-hydrogen) atoms. The Hall–Kier alpha value is -3.97. The molecule has 0 saturated carbocycles. The van der Waals surface area contributed by atoms with E-state index in [-0.39, 0.29) is 22.8 Å². The number of ether oxygens (including phenoxy) is 2. The number of ketones is 1. The SMILES string of the molecule is CCCCCOc1ccc(/C(O)=C2\C(=O)C(=O)N(c3cccc(Cl)c3C)C2c2ccc(O)c(OCC)c2)cc1. The fourth-order valence-electron chi connectivity index (χ4n) is 4.63. The van der Waals surface area contributed by atoms with E-state index in [0.717, 1.165) is 19.3 Å². The third-order valence-corrected chi connectivity index (χ3v) is 7.10. The van der Waals surface area contributed by atoms with Crippen molar-refractivity contribution in [2.24, 2.45) is 0 Å². The Morgan fingerprint density at radius 1 is 1.00 bits per heavy atom. The van der Waals surface area contributed by atoms with Gasteiger partial charge in [0.05, 0.1) is 24.8 Å². The first kappa shape index (κ1) is 28.0. The van der Waals surface area contributed by atoms with E-state index in [9.17, 15) is 19.8 Å².